The van der Waals surface area contributed by atoms with E-state index < -0.39 is 5.97 Å². The van der Waals surface area contributed by atoms with E-state index in [1.54, 1.807) is 16.9 Å². The molecular formula is C17H22ClLiN4O2. The van der Waals surface area contributed by atoms with E-state index in [1.807, 2.05) is 0 Å². The monoisotopic (exact) mass is 356 g/mol. The van der Waals surface area contributed by atoms with E-state index in [0.717, 1.165) is 24.4 Å². The summed E-state index contributed by atoms with van der Waals surface area (Å²) >= 11 is 6.00. The number of carboxylic acids is 1. The van der Waals surface area contributed by atoms with E-state index in [4.69, 9.17) is 11.6 Å². The fourth-order valence-corrected chi connectivity index (χ4v) is 4.31. The molecule has 2 aromatic rings. The number of nitrogens with zero attached hydrogens (tertiary/aromatic N) is 3. The molecule has 0 spiro atoms. The summed E-state index contributed by atoms with van der Waals surface area (Å²) in [7, 11) is 0. The molecule has 130 valence electrons. The average Bonchev–Trinajstić information content (AvgIpc) is 2.98. The number of fused-ring (bicyclic) bond motifs is 4. The van der Waals surface area contributed by atoms with Gasteiger partial charge in [-0.2, -0.15) is 5.10 Å². The average molecular weight is 357 g/mol. The van der Waals surface area contributed by atoms with Crippen LogP contribution < -0.4 is 5.32 Å². The summed E-state index contributed by atoms with van der Waals surface area (Å²) in [6.45, 7) is 5.02. The number of aromatic nitrogens is 2. The van der Waals surface area contributed by atoms with Crippen LogP contribution in [0.1, 0.15) is 23.2 Å². The predicted octanol–water partition coefficient (Wildman–Crippen LogP) is 1.42. The topological polar surface area (TPSA) is 70.4 Å². The Hall–Kier alpha value is -1.03. The second-order valence-corrected chi connectivity index (χ2v) is 7.20. The summed E-state index contributed by atoms with van der Waals surface area (Å²) in [6, 6.07) is 3.79. The van der Waals surface area contributed by atoms with Gasteiger partial charge in [-0.15, -0.1) is 0 Å². The minimum absolute atomic E-state index is 0. The third-order valence-electron chi connectivity index (χ3n) is 5.32. The molecule has 0 aliphatic carbocycles. The number of aromatic carboxylic acids is 1. The zero-order valence-corrected chi connectivity index (χ0v) is 14.2. The zero-order chi connectivity index (χ0) is 16.7. The third-order valence-corrected chi connectivity index (χ3v) is 5.53. The first kappa shape index (κ1) is 18.7. The Kier molecular flexibility index (Phi) is 5.77. The summed E-state index contributed by atoms with van der Waals surface area (Å²) in [5.74, 6) is -0.202. The van der Waals surface area contributed by atoms with Crippen LogP contribution in [0.3, 0.4) is 0 Å². The number of hydrogen-bond acceptors (Lipinski definition) is 4. The molecule has 3 aliphatic heterocycles. The molecule has 0 radical (unpaired) electrons. The van der Waals surface area contributed by atoms with Crippen LogP contribution in [-0.4, -0.2) is 76.8 Å². The van der Waals surface area contributed by atoms with Gasteiger partial charge in [0.1, 0.15) is 0 Å². The van der Waals surface area contributed by atoms with E-state index >= 15 is 0 Å². The second kappa shape index (κ2) is 7.69. The summed E-state index contributed by atoms with van der Waals surface area (Å²) < 4.78 is 1.77. The number of rotatable bonds is 5. The van der Waals surface area contributed by atoms with Gasteiger partial charge in [0, 0.05) is 29.5 Å². The molecule has 1 atom stereocenters. The van der Waals surface area contributed by atoms with Crippen LogP contribution in [0.4, 0.5) is 0 Å². The normalized spacial score (nSPS) is 25.1. The van der Waals surface area contributed by atoms with Crippen molar-refractivity contribution in [1.82, 2.24) is 20.0 Å². The van der Waals surface area contributed by atoms with Gasteiger partial charge in [-0.3, -0.25) is 4.68 Å². The quantitative estimate of drug-likeness (QED) is 0.793. The first-order valence-electron chi connectivity index (χ1n) is 8.46. The van der Waals surface area contributed by atoms with E-state index in [0.29, 0.717) is 23.1 Å². The van der Waals surface area contributed by atoms with Crippen molar-refractivity contribution in [3.63, 3.8) is 0 Å². The van der Waals surface area contributed by atoms with Gasteiger partial charge in [-0.05, 0) is 44.0 Å². The first-order valence-corrected chi connectivity index (χ1v) is 8.84. The van der Waals surface area contributed by atoms with Crippen molar-refractivity contribution in [2.45, 2.75) is 25.4 Å². The van der Waals surface area contributed by atoms with Gasteiger partial charge in [0.2, 0.25) is 0 Å². The van der Waals surface area contributed by atoms with Crippen molar-refractivity contribution < 1.29 is 9.90 Å². The van der Waals surface area contributed by atoms with Gasteiger partial charge < -0.3 is 15.3 Å². The van der Waals surface area contributed by atoms with Crippen LogP contribution in [0.5, 0.6) is 0 Å². The molecule has 8 heteroatoms. The van der Waals surface area contributed by atoms with E-state index in [-0.39, 0.29) is 24.4 Å². The molecule has 25 heavy (non-hydrogen) atoms. The predicted molar refractivity (Wildman–Crippen MR) is 99.8 cm³/mol. The van der Waals surface area contributed by atoms with Crippen molar-refractivity contribution in [3.8, 4) is 0 Å². The van der Waals surface area contributed by atoms with Crippen LogP contribution in [-0.2, 0) is 6.54 Å². The molecule has 3 aliphatic rings. The summed E-state index contributed by atoms with van der Waals surface area (Å²) in [5, 5.41) is 18.6. The molecule has 0 saturated carbocycles. The molecule has 3 fully saturated rings. The molecule has 4 heterocycles. The number of carboxylic acid groups (broad SMARTS) is 1. The van der Waals surface area contributed by atoms with Crippen molar-refractivity contribution in [2.24, 2.45) is 5.92 Å². The number of halogens is 1. The van der Waals surface area contributed by atoms with Crippen molar-refractivity contribution in [2.75, 3.05) is 26.2 Å². The molecule has 2 bridgehead atoms. The van der Waals surface area contributed by atoms with Gasteiger partial charge in [0.15, 0.2) is 0 Å². The molecule has 1 aromatic heterocycles. The van der Waals surface area contributed by atoms with Gasteiger partial charge >= 0.3 is 24.8 Å². The number of benzene rings is 1. The SMILES string of the molecule is O=C(O)c1cc(Cl)cc2cnn(CCNC3CN4CCC3CC4)c12.[LiH]. The fraction of sp³-hybridized carbons (Fsp3) is 0.529. The van der Waals surface area contributed by atoms with Gasteiger partial charge in [-0.25, -0.2) is 4.79 Å². The molecular weight excluding hydrogens is 335 g/mol. The Morgan fingerprint density at radius 1 is 1.36 bits per heavy atom. The maximum atomic E-state index is 11.5. The minimum atomic E-state index is -0.977. The van der Waals surface area contributed by atoms with Gasteiger partial charge in [0.25, 0.3) is 0 Å². The zero-order valence-electron chi connectivity index (χ0n) is 13.4. The summed E-state index contributed by atoms with van der Waals surface area (Å²) in [4.78, 5) is 14.0. The first-order chi connectivity index (χ1) is 11.6. The summed E-state index contributed by atoms with van der Waals surface area (Å²) in [6.07, 6.45) is 4.25. The van der Waals surface area contributed by atoms with Gasteiger partial charge in [0.05, 0.1) is 23.8 Å². The standard InChI is InChI=1S/C17H21ClN4O2.Li.H/c18-13-7-12-9-20-22(16(12)14(8-13)17(23)24)6-3-19-15-10-21-4-1-11(15)2-5-21;;/h7-9,11,15,19H,1-6,10H2,(H,23,24);;. The van der Waals surface area contributed by atoms with Crippen LogP contribution >= 0.6 is 11.6 Å². The summed E-state index contributed by atoms with van der Waals surface area (Å²) in [5.41, 5.74) is 0.848. The van der Waals surface area contributed by atoms with E-state index in [1.165, 1.54) is 32.0 Å². The van der Waals surface area contributed by atoms with Crippen LogP contribution in [0.2, 0.25) is 5.02 Å². The Balaban J connectivity index is 0.00000182. The number of hydrogen-bond donors (Lipinski definition) is 2. The van der Waals surface area contributed by atoms with Gasteiger partial charge in [-0.1, -0.05) is 11.6 Å². The molecule has 5 rings (SSSR count). The maximum absolute atomic E-state index is 11.5. The molecule has 2 N–H and O–H groups in total. The van der Waals surface area contributed by atoms with E-state index in [9.17, 15) is 9.90 Å². The number of nitrogens with one attached hydrogen (secondary N) is 1. The van der Waals surface area contributed by atoms with Crippen molar-refractivity contribution in [3.05, 3.63) is 28.9 Å². The molecule has 0 amide bonds. The molecule has 1 unspecified atom stereocenters. The fourth-order valence-electron chi connectivity index (χ4n) is 4.08. The van der Waals surface area contributed by atoms with Crippen molar-refractivity contribution >= 4 is 47.3 Å². The number of piperidine rings is 3. The second-order valence-electron chi connectivity index (χ2n) is 6.76. The Morgan fingerprint density at radius 3 is 2.76 bits per heavy atom. The van der Waals surface area contributed by atoms with Crippen LogP contribution in [0, 0.1) is 5.92 Å². The Labute approximate surface area is 163 Å². The number of carbonyl (C=O) groups is 1. The van der Waals surface area contributed by atoms with E-state index in [2.05, 4.69) is 15.3 Å². The molecule has 6 nitrogen and oxygen atoms in total. The Morgan fingerprint density at radius 2 is 2.12 bits per heavy atom. The molecule has 3 saturated heterocycles. The van der Waals surface area contributed by atoms with Crippen LogP contribution in [0.25, 0.3) is 10.9 Å². The Bertz CT molecular complexity index is 773. The third kappa shape index (κ3) is 3.74. The van der Waals surface area contributed by atoms with Crippen molar-refractivity contribution in [1.29, 1.82) is 0 Å². The van der Waals surface area contributed by atoms with Crippen LogP contribution in [0.15, 0.2) is 18.3 Å². The molecule has 1 aromatic carbocycles.